The number of hydrogen-bond acceptors (Lipinski definition) is 19. The molecule has 6 aliphatic carbocycles. The van der Waals surface area contributed by atoms with Gasteiger partial charge in [0.1, 0.15) is 55.5 Å². The van der Waals surface area contributed by atoms with E-state index in [1.165, 1.54) is 144 Å². The number of nitrogens with two attached hydrogens (primary N) is 1. The van der Waals surface area contributed by atoms with Crippen LogP contribution in [0.5, 0.6) is 0 Å². The highest BCUT2D eigenvalue weighted by Crippen LogP contribution is 2.49. The lowest BCUT2D eigenvalue weighted by Gasteiger charge is -2.23. The average molecular weight is 1720 g/mol. The Kier molecular flexibility index (Phi) is 27.8. The normalized spacial score (nSPS) is 15.7. The van der Waals surface area contributed by atoms with E-state index in [1.807, 2.05) is 166 Å². The zero-order valence-corrected chi connectivity index (χ0v) is 72.9. The summed E-state index contributed by atoms with van der Waals surface area (Å²) in [5.41, 5.74) is 25.2. The number of fused-ring (bicyclic) bond motifs is 9. The Morgan fingerprint density at radius 2 is 0.629 bits per heavy atom. The molecular weight excluding hydrogens is 1610 g/mol. The van der Waals surface area contributed by atoms with Crippen LogP contribution >= 0.6 is 34.0 Å². The van der Waals surface area contributed by atoms with Crippen LogP contribution in [0.3, 0.4) is 0 Å². The Bertz CT molecular complexity index is 5540. The molecule has 21 nitrogen and oxygen atoms in total. The van der Waals surface area contributed by atoms with Crippen molar-refractivity contribution in [3.8, 4) is 33.4 Å². The van der Waals surface area contributed by atoms with Gasteiger partial charge in [-0.05, 0) is 198 Å². The Balaban J connectivity index is 0.000000138. The Labute approximate surface area is 736 Å². The van der Waals surface area contributed by atoms with Gasteiger partial charge in [-0.25, -0.2) is 19.2 Å². The van der Waals surface area contributed by atoms with Gasteiger partial charge in [-0.3, -0.25) is 20.7 Å². The molecule has 6 aliphatic rings. The lowest BCUT2D eigenvalue weighted by Crippen LogP contribution is -2.35. The van der Waals surface area contributed by atoms with Crippen LogP contribution in [0.15, 0.2) is 218 Å². The van der Waals surface area contributed by atoms with E-state index in [-0.39, 0.29) is 55.6 Å². The second kappa shape index (κ2) is 40.2. The predicted octanol–water partition coefficient (Wildman–Crippen LogP) is 23.3. The van der Waals surface area contributed by atoms with Gasteiger partial charge in [0, 0.05) is 59.5 Å². The molecule has 0 saturated heterocycles. The highest BCUT2D eigenvalue weighted by atomic mass is 32.1. The maximum Gasteiger partial charge on any atom is 0.411 e. The first-order valence-corrected chi connectivity index (χ1v) is 46.0. The van der Waals surface area contributed by atoms with Crippen LogP contribution in [0.2, 0.25) is 0 Å². The molecule has 5 amide bonds. The van der Waals surface area contributed by atoms with Crippen LogP contribution in [0, 0.1) is 0 Å². The molecule has 9 aromatic carbocycles. The van der Waals surface area contributed by atoms with Gasteiger partial charge in [0.25, 0.3) is 0 Å². The molecule has 0 aliphatic heterocycles. The summed E-state index contributed by atoms with van der Waals surface area (Å²) in [5.74, 6) is 1.42. The first kappa shape index (κ1) is 85.7. The van der Waals surface area contributed by atoms with Gasteiger partial charge in [0.05, 0.1) is 18.1 Å². The molecule has 0 radical (unpaired) electrons. The lowest BCUT2D eigenvalue weighted by atomic mass is 9.90. The lowest BCUT2D eigenvalue weighted by molar-refractivity contribution is -0.119. The van der Waals surface area contributed by atoms with Crippen LogP contribution in [0.25, 0.3) is 33.4 Å². The van der Waals surface area contributed by atoms with Crippen LogP contribution < -0.4 is 32.3 Å². The predicted molar refractivity (Wildman–Crippen MR) is 489 cm³/mol. The molecule has 18 rings (SSSR count). The molecule has 3 atom stereocenters. The van der Waals surface area contributed by atoms with Gasteiger partial charge < -0.3 is 35.3 Å². The van der Waals surface area contributed by atoms with E-state index in [1.54, 1.807) is 34.0 Å². The van der Waals surface area contributed by atoms with Crippen molar-refractivity contribution in [2.75, 3.05) is 35.8 Å². The van der Waals surface area contributed by atoms with Crippen LogP contribution in [0.1, 0.15) is 258 Å². The van der Waals surface area contributed by atoms with E-state index in [4.69, 9.17) is 24.7 Å². The monoisotopic (exact) mass is 1710 g/mol. The number of nitrogens with one attached hydrogen (secondary N) is 5. The second-order valence-corrected chi connectivity index (χ2v) is 37.2. The Morgan fingerprint density at radius 1 is 0.355 bits per heavy atom. The molecule has 3 saturated carbocycles. The number of carbonyl (C=O) groups is 5. The number of ether oxygens (including phenoxy) is 4. The molecule has 3 heterocycles. The average Bonchev–Trinajstić information content (AvgIpc) is 1.62. The third-order valence-electron chi connectivity index (χ3n) is 24.2. The minimum absolute atomic E-state index is 0.00101. The van der Waals surface area contributed by atoms with Gasteiger partial charge in [0.15, 0.2) is 0 Å². The summed E-state index contributed by atoms with van der Waals surface area (Å²) in [6.07, 6.45) is 18.2. The SMILES string of the molecule is CC(=O)N[C@@H](Cc1ccc(NC(=O)OCC2c3ccccc3-c3ccccc32)cc1)c1nnc(C2CCCCC2)s1.CC(C)(C)OC(=O)N[C@@H](Cc1ccc(NC(=O)OCC2c3ccccc3-c3ccccc32)cc1)c1nnc(C2CCCCC2)s1.N[C@@H](Cc1ccc(NC(=O)OCC2c3ccccc3-c3ccccc32)cc1)c1nnc(C2CCCCC2)s1. The van der Waals surface area contributed by atoms with Gasteiger partial charge in [-0.2, -0.15) is 0 Å². The van der Waals surface area contributed by atoms with Crippen LogP contribution in [0.4, 0.5) is 36.2 Å². The molecule has 0 bridgehead atoms. The summed E-state index contributed by atoms with van der Waals surface area (Å²) in [6, 6.07) is 71.9. The number of carbonyl (C=O) groups excluding carboxylic acids is 5. The van der Waals surface area contributed by atoms with Gasteiger partial charge >= 0.3 is 24.4 Å². The summed E-state index contributed by atoms with van der Waals surface area (Å²) in [4.78, 5) is 62.9. The molecule has 7 N–H and O–H groups in total. The van der Waals surface area contributed by atoms with Crippen molar-refractivity contribution >= 4 is 81.4 Å². The summed E-state index contributed by atoms with van der Waals surface area (Å²) < 4.78 is 22.6. The number of alkyl carbamates (subject to hydrolysis) is 1. The van der Waals surface area contributed by atoms with Crippen molar-refractivity contribution in [2.24, 2.45) is 5.73 Å². The van der Waals surface area contributed by atoms with Gasteiger partial charge in [0.2, 0.25) is 5.91 Å². The number of rotatable bonds is 23. The summed E-state index contributed by atoms with van der Waals surface area (Å²) in [5, 5.41) is 47.2. The van der Waals surface area contributed by atoms with Crippen molar-refractivity contribution in [1.29, 1.82) is 0 Å². The molecular formula is C100H106N12O9S3. The van der Waals surface area contributed by atoms with Gasteiger partial charge in [-0.1, -0.05) is 274 Å². The smallest absolute Gasteiger partial charge is 0.411 e. The highest BCUT2D eigenvalue weighted by Gasteiger charge is 2.35. The topological polar surface area (TPSA) is 286 Å². The Hall–Kier alpha value is -11.8. The fourth-order valence-electron chi connectivity index (χ4n) is 18.1. The van der Waals surface area contributed by atoms with Gasteiger partial charge in [-0.15, -0.1) is 30.6 Å². The van der Waals surface area contributed by atoms with Crippen LogP contribution in [-0.2, 0) is 43.0 Å². The van der Waals surface area contributed by atoms with Crippen molar-refractivity contribution < 1.29 is 42.9 Å². The number of amides is 5. The standard InChI is InChI=1S/C36H40N4O4S.C33H34N4O3S.C31H32N4O2S/c1-36(2,3)44-35(42)38-31(33-40-39-32(45-33)24-11-5-4-6-12-24)21-23-17-19-25(20-18-23)37-34(41)43-22-30-28-15-9-7-13-26(28)27-14-8-10-16-29(27)30;1-21(38)34-30(32-37-36-31(41-32)23-9-3-2-4-10-23)19-22-15-17-24(18-16-22)35-33(39)40-20-29-27-13-7-5-11-25(27)26-12-6-8-14-28(26)29;32-28(30-35-34-29(38-30)21-8-2-1-3-9-21)18-20-14-16-22(17-15-20)33-31(36)37-19-27-25-12-6-4-10-23(25)24-11-5-7-13-26(24)27/h7-10,13-20,24,30-31H,4-6,11-12,21-22H2,1-3H3,(H,37,41)(H,38,42);5-8,11-18,23,29-30H,2-4,9-10,19-20H2,1H3,(H,34,38)(H,35,39);4-7,10-17,21,27-28H,1-3,8-9,18-19,32H2,(H,33,36)/t31-;30-;28-/m000/s1. The van der Waals surface area contributed by atoms with E-state index in [0.29, 0.717) is 54.1 Å². The van der Waals surface area contributed by atoms with E-state index in [9.17, 15) is 24.0 Å². The molecule has 12 aromatic rings. The number of nitrogens with zero attached hydrogens (tertiary/aromatic N) is 6. The zero-order valence-electron chi connectivity index (χ0n) is 70.5. The minimum atomic E-state index is -0.616. The fourth-order valence-corrected chi connectivity index (χ4v) is 21.2. The molecule has 124 heavy (non-hydrogen) atoms. The number of anilines is 3. The third-order valence-corrected chi connectivity index (χ3v) is 27.8. The first-order valence-electron chi connectivity index (χ1n) is 43.6. The van der Waals surface area contributed by atoms with E-state index < -0.39 is 36.0 Å². The molecule has 3 fully saturated rings. The van der Waals surface area contributed by atoms with Crippen LogP contribution in [-0.4, -0.2) is 86.3 Å². The zero-order chi connectivity index (χ0) is 85.5. The molecule has 3 aromatic heterocycles. The number of hydrogen-bond donors (Lipinski definition) is 6. The van der Waals surface area contributed by atoms with Crippen molar-refractivity contribution in [3.63, 3.8) is 0 Å². The summed E-state index contributed by atoms with van der Waals surface area (Å²) in [7, 11) is 0. The van der Waals surface area contributed by atoms with Crippen molar-refractivity contribution in [1.82, 2.24) is 41.2 Å². The summed E-state index contributed by atoms with van der Waals surface area (Å²) in [6.45, 7) is 7.86. The molecule has 638 valence electrons. The maximum absolute atomic E-state index is 12.8. The quantitative estimate of drug-likeness (QED) is 0.0325. The van der Waals surface area contributed by atoms with E-state index in [0.717, 1.165) is 72.4 Å². The fraction of sp³-hybridized carbons (Fsp3) is 0.350. The highest BCUT2D eigenvalue weighted by molar-refractivity contribution is 7.12. The van der Waals surface area contributed by atoms with E-state index in [2.05, 4.69) is 130 Å². The summed E-state index contributed by atoms with van der Waals surface area (Å²) >= 11 is 4.86. The second-order valence-electron chi connectivity index (χ2n) is 34.1. The first-order chi connectivity index (χ1) is 60.4. The largest absolute Gasteiger partial charge is 0.448 e. The Morgan fingerprint density at radius 3 is 0.927 bits per heavy atom. The van der Waals surface area contributed by atoms with E-state index >= 15 is 0 Å². The molecule has 0 spiro atoms. The number of aromatic nitrogens is 6. The third kappa shape index (κ3) is 21.5. The van der Waals surface area contributed by atoms with Crippen molar-refractivity contribution in [3.05, 3.63) is 299 Å². The minimum Gasteiger partial charge on any atom is -0.448 e. The maximum atomic E-state index is 12.8. The van der Waals surface area contributed by atoms with Crippen molar-refractivity contribution in [2.45, 2.75) is 203 Å². The molecule has 24 heteroatoms. The molecule has 0 unspecified atom stereocenters. The number of benzene rings is 9.